The third kappa shape index (κ3) is 5.48. The zero-order valence-electron chi connectivity index (χ0n) is 15.9. The quantitative estimate of drug-likeness (QED) is 0.770. The van der Waals surface area contributed by atoms with Crippen molar-refractivity contribution in [2.24, 2.45) is 5.41 Å². The molecule has 0 radical (unpaired) electrons. The predicted molar refractivity (Wildman–Crippen MR) is 98.5 cm³/mol. The number of piperazine rings is 1. The molecule has 1 saturated heterocycles. The fourth-order valence-electron chi connectivity index (χ4n) is 2.92. The van der Waals surface area contributed by atoms with Crippen LogP contribution in [0.1, 0.15) is 39.2 Å². The lowest BCUT2D eigenvalue weighted by Crippen LogP contribution is -2.53. The summed E-state index contributed by atoms with van der Waals surface area (Å²) in [4.78, 5) is 28.3. The van der Waals surface area contributed by atoms with Gasteiger partial charge in [-0.15, -0.1) is 0 Å². The van der Waals surface area contributed by atoms with Crippen LogP contribution in [0.3, 0.4) is 0 Å². The Morgan fingerprint density at radius 2 is 1.64 bits per heavy atom. The molecule has 0 aromatic heterocycles. The summed E-state index contributed by atoms with van der Waals surface area (Å²) in [5.74, 6) is 1.19. The molecular weight excluding hydrogens is 316 g/mol. The third-order valence-electron chi connectivity index (χ3n) is 4.45. The van der Waals surface area contributed by atoms with Crippen LogP contribution >= 0.6 is 0 Å². The standard InChI is InChI=1S/C20H30N2O3/c1-16-8-5-6-9-17(16)25-15-7-10-18(23)21-11-13-22(14-12-21)19(24)20(2,3)4/h5-6,8-9H,7,10-15H2,1-4H3. The average molecular weight is 346 g/mol. The summed E-state index contributed by atoms with van der Waals surface area (Å²) >= 11 is 0. The molecule has 0 saturated carbocycles. The lowest BCUT2D eigenvalue weighted by Gasteiger charge is -2.37. The fraction of sp³-hybridized carbons (Fsp3) is 0.600. The van der Waals surface area contributed by atoms with E-state index >= 15 is 0 Å². The van der Waals surface area contributed by atoms with E-state index in [9.17, 15) is 9.59 Å². The zero-order chi connectivity index (χ0) is 18.4. The van der Waals surface area contributed by atoms with Crippen LogP contribution in [0, 0.1) is 12.3 Å². The van der Waals surface area contributed by atoms with E-state index < -0.39 is 0 Å². The number of rotatable bonds is 5. The minimum atomic E-state index is -0.362. The van der Waals surface area contributed by atoms with E-state index in [0.29, 0.717) is 45.6 Å². The molecule has 1 aliphatic heterocycles. The largest absolute Gasteiger partial charge is 0.493 e. The Morgan fingerprint density at radius 3 is 2.24 bits per heavy atom. The summed E-state index contributed by atoms with van der Waals surface area (Å²) in [6, 6.07) is 7.89. The lowest BCUT2D eigenvalue weighted by atomic mass is 9.94. The molecule has 0 unspecified atom stereocenters. The molecule has 1 heterocycles. The number of hydrogen-bond acceptors (Lipinski definition) is 3. The molecule has 2 rings (SSSR count). The number of amides is 2. The van der Waals surface area contributed by atoms with Crippen molar-refractivity contribution in [2.75, 3.05) is 32.8 Å². The van der Waals surface area contributed by atoms with Crippen molar-refractivity contribution in [3.8, 4) is 5.75 Å². The molecule has 5 nitrogen and oxygen atoms in total. The molecule has 0 N–H and O–H groups in total. The smallest absolute Gasteiger partial charge is 0.228 e. The summed E-state index contributed by atoms with van der Waals surface area (Å²) < 4.78 is 5.74. The van der Waals surface area contributed by atoms with Crippen molar-refractivity contribution < 1.29 is 14.3 Å². The van der Waals surface area contributed by atoms with Gasteiger partial charge in [-0.1, -0.05) is 39.0 Å². The van der Waals surface area contributed by atoms with Gasteiger partial charge in [-0.05, 0) is 25.0 Å². The number of benzene rings is 1. The maximum absolute atomic E-state index is 12.3. The van der Waals surface area contributed by atoms with E-state index in [0.717, 1.165) is 11.3 Å². The van der Waals surface area contributed by atoms with Gasteiger partial charge in [0.1, 0.15) is 5.75 Å². The number of ether oxygens (including phenoxy) is 1. The molecule has 1 fully saturated rings. The minimum Gasteiger partial charge on any atom is -0.493 e. The number of aryl methyl sites for hydroxylation is 1. The Kier molecular flexibility index (Phi) is 6.45. The first-order chi connectivity index (χ1) is 11.8. The van der Waals surface area contributed by atoms with Gasteiger partial charge < -0.3 is 14.5 Å². The van der Waals surface area contributed by atoms with Crippen molar-refractivity contribution in [1.29, 1.82) is 0 Å². The number of para-hydroxylation sites is 1. The molecule has 2 amide bonds. The molecule has 0 bridgehead atoms. The Hall–Kier alpha value is -2.04. The van der Waals surface area contributed by atoms with E-state index in [4.69, 9.17) is 4.74 Å². The molecule has 1 aromatic rings. The van der Waals surface area contributed by atoms with Crippen LogP contribution in [0.15, 0.2) is 24.3 Å². The van der Waals surface area contributed by atoms with Gasteiger partial charge in [-0.3, -0.25) is 9.59 Å². The molecule has 138 valence electrons. The van der Waals surface area contributed by atoms with Crippen LogP contribution in [0.2, 0.25) is 0 Å². The van der Waals surface area contributed by atoms with Crippen LogP contribution in [0.5, 0.6) is 5.75 Å². The highest BCUT2D eigenvalue weighted by atomic mass is 16.5. The van der Waals surface area contributed by atoms with Crippen molar-refractivity contribution >= 4 is 11.8 Å². The van der Waals surface area contributed by atoms with Crippen molar-refractivity contribution in [1.82, 2.24) is 9.80 Å². The Bertz CT molecular complexity index is 599. The van der Waals surface area contributed by atoms with Gasteiger partial charge in [-0.25, -0.2) is 0 Å². The van der Waals surface area contributed by atoms with Crippen LogP contribution < -0.4 is 4.74 Å². The second-order valence-corrected chi connectivity index (χ2v) is 7.64. The highest BCUT2D eigenvalue weighted by Gasteiger charge is 2.30. The molecule has 1 aliphatic rings. The summed E-state index contributed by atoms with van der Waals surface area (Å²) in [6.07, 6.45) is 1.19. The van der Waals surface area contributed by atoms with E-state index in [1.54, 1.807) is 0 Å². The van der Waals surface area contributed by atoms with Gasteiger partial charge in [0.05, 0.1) is 6.61 Å². The van der Waals surface area contributed by atoms with Crippen molar-refractivity contribution in [2.45, 2.75) is 40.5 Å². The average Bonchev–Trinajstić information content (AvgIpc) is 2.58. The maximum atomic E-state index is 12.3. The monoisotopic (exact) mass is 346 g/mol. The summed E-state index contributed by atoms with van der Waals surface area (Å²) in [6.45, 7) is 10.9. The van der Waals surface area contributed by atoms with Crippen LogP contribution in [-0.2, 0) is 9.59 Å². The first kappa shape index (κ1) is 19.3. The van der Waals surface area contributed by atoms with E-state index in [1.807, 2.05) is 61.8 Å². The number of carbonyl (C=O) groups is 2. The highest BCUT2D eigenvalue weighted by molar-refractivity contribution is 5.82. The lowest BCUT2D eigenvalue weighted by molar-refractivity contribution is -0.145. The second kappa shape index (κ2) is 8.37. The van der Waals surface area contributed by atoms with E-state index in [1.165, 1.54) is 0 Å². The molecule has 0 atom stereocenters. The van der Waals surface area contributed by atoms with Gasteiger partial charge in [0.15, 0.2) is 0 Å². The molecule has 5 heteroatoms. The predicted octanol–water partition coefficient (Wildman–Crippen LogP) is 2.87. The van der Waals surface area contributed by atoms with E-state index in [-0.39, 0.29) is 17.2 Å². The number of nitrogens with zero attached hydrogens (tertiary/aromatic N) is 2. The van der Waals surface area contributed by atoms with Crippen LogP contribution in [-0.4, -0.2) is 54.4 Å². The number of hydrogen-bond donors (Lipinski definition) is 0. The maximum Gasteiger partial charge on any atom is 0.228 e. The molecule has 0 aliphatic carbocycles. The Labute approximate surface area is 150 Å². The topological polar surface area (TPSA) is 49.9 Å². The SMILES string of the molecule is Cc1ccccc1OCCCC(=O)N1CCN(C(=O)C(C)(C)C)CC1. The molecule has 0 spiro atoms. The first-order valence-electron chi connectivity index (χ1n) is 9.04. The second-order valence-electron chi connectivity index (χ2n) is 7.64. The summed E-state index contributed by atoms with van der Waals surface area (Å²) in [5.41, 5.74) is 0.743. The Balaban J connectivity index is 1.69. The summed E-state index contributed by atoms with van der Waals surface area (Å²) in [7, 11) is 0. The Morgan fingerprint density at radius 1 is 1.04 bits per heavy atom. The summed E-state index contributed by atoms with van der Waals surface area (Å²) in [5, 5.41) is 0. The minimum absolute atomic E-state index is 0.149. The van der Waals surface area contributed by atoms with Gasteiger partial charge in [0.2, 0.25) is 11.8 Å². The zero-order valence-corrected chi connectivity index (χ0v) is 15.9. The highest BCUT2D eigenvalue weighted by Crippen LogP contribution is 2.19. The van der Waals surface area contributed by atoms with Crippen molar-refractivity contribution in [3.63, 3.8) is 0 Å². The van der Waals surface area contributed by atoms with Gasteiger partial charge in [0, 0.05) is 38.0 Å². The van der Waals surface area contributed by atoms with Gasteiger partial charge in [0.25, 0.3) is 0 Å². The van der Waals surface area contributed by atoms with Gasteiger partial charge >= 0.3 is 0 Å². The normalized spacial score (nSPS) is 15.2. The molecular formula is C20H30N2O3. The molecule has 25 heavy (non-hydrogen) atoms. The van der Waals surface area contributed by atoms with Crippen LogP contribution in [0.25, 0.3) is 0 Å². The number of carbonyl (C=O) groups excluding carboxylic acids is 2. The van der Waals surface area contributed by atoms with Gasteiger partial charge in [-0.2, -0.15) is 0 Å². The van der Waals surface area contributed by atoms with Crippen molar-refractivity contribution in [3.05, 3.63) is 29.8 Å². The molecule has 1 aromatic carbocycles. The fourth-order valence-corrected chi connectivity index (χ4v) is 2.92. The van der Waals surface area contributed by atoms with Crippen LogP contribution in [0.4, 0.5) is 0 Å². The van der Waals surface area contributed by atoms with E-state index in [2.05, 4.69) is 0 Å². The third-order valence-corrected chi connectivity index (χ3v) is 4.45. The first-order valence-corrected chi connectivity index (χ1v) is 9.04.